The van der Waals surface area contributed by atoms with Crippen LogP contribution in [0, 0.1) is 5.92 Å². The van der Waals surface area contributed by atoms with Crippen LogP contribution in [-0.2, 0) is 4.79 Å². The van der Waals surface area contributed by atoms with Crippen LogP contribution in [0.3, 0.4) is 0 Å². The van der Waals surface area contributed by atoms with Gasteiger partial charge in [0.25, 0.3) is 0 Å². The van der Waals surface area contributed by atoms with Crippen LogP contribution in [0.15, 0.2) is 28.7 Å². The van der Waals surface area contributed by atoms with Crippen molar-refractivity contribution in [1.29, 1.82) is 0 Å². The number of para-hydroxylation sites is 1. The SMILES string of the molecule is CC1CN(C)C(=O)C(CN)N(c2ccccc2Br)C1. The van der Waals surface area contributed by atoms with Crippen molar-refractivity contribution >= 4 is 27.5 Å². The Morgan fingerprint density at radius 3 is 2.68 bits per heavy atom. The normalized spacial score (nSPS) is 24.5. The van der Waals surface area contributed by atoms with Gasteiger partial charge in [-0.25, -0.2) is 0 Å². The predicted octanol–water partition coefficient (Wildman–Crippen LogP) is 1.69. The summed E-state index contributed by atoms with van der Waals surface area (Å²) in [7, 11) is 1.85. The Morgan fingerprint density at radius 2 is 2.05 bits per heavy atom. The van der Waals surface area contributed by atoms with E-state index in [9.17, 15) is 4.79 Å². The van der Waals surface area contributed by atoms with E-state index in [0.29, 0.717) is 12.5 Å². The van der Waals surface area contributed by atoms with Gasteiger partial charge in [0.1, 0.15) is 6.04 Å². The second-order valence-corrected chi connectivity index (χ2v) is 6.03. The summed E-state index contributed by atoms with van der Waals surface area (Å²) in [6, 6.07) is 7.69. The van der Waals surface area contributed by atoms with E-state index in [2.05, 4.69) is 27.8 Å². The Labute approximate surface area is 122 Å². The zero-order chi connectivity index (χ0) is 14.0. The second-order valence-electron chi connectivity index (χ2n) is 5.18. The molecule has 0 spiro atoms. The van der Waals surface area contributed by atoms with Crippen molar-refractivity contribution in [3.63, 3.8) is 0 Å². The molecule has 1 aliphatic rings. The minimum absolute atomic E-state index is 0.0996. The average Bonchev–Trinajstić information content (AvgIpc) is 2.48. The summed E-state index contributed by atoms with van der Waals surface area (Å²) in [4.78, 5) is 16.3. The zero-order valence-corrected chi connectivity index (χ0v) is 12.9. The molecule has 1 aliphatic heterocycles. The number of nitrogens with two attached hydrogens (primary N) is 1. The number of benzene rings is 1. The Hall–Kier alpha value is -1.07. The standard InChI is InChI=1S/C14H20BrN3O/c1-10-8-17(2)14(19)13(7-16)18(9-10)12-6-4-3-5-11(12)15/h3-6,10,13H,7-9,16H2,1-2H3. The highest BCUT2D eigenvalue weighted by atomic mass is 79.9. The van der Waals surface area contributed by atoms with Crippen LogP contribution in [0.5, 0.6) is 0 Å². The molecule has 1 saturated heterocycles. The number of hydrogen-bond acceptors (Lipinski definition) is 3. The van der Waals surface area contributed by atoms with Gasteiger partial charge in [0.05, 0.1) is 5.69 Å². The summed E-state index contributed by atoms with van der Waals surface area (Å²) >= 11 is 3.56. The summed E-state index contributed by atoms with van der Waals surface area (Å²) in [5, 5.41) is 0. The van der Waals surface area contributed by atoms with Gasteiger partial charge >= 0.3 is 0 Å². The zero-order valence-electron chi connectivity index (χ0n) is 11.3. The molecule has 0 aromatic heterocycles. The van der Waals surface area contributed by atoms with Gasteiger partial charge in [0, 0.05) is 31.2 Å². The molecular formula is C14H20BrN3O. The van der Waals surface area contributed by atoms with Gasteiger partial charge in [-0.05, 0) is 34.0 Å². The van der Waals surface area contributed by atoms with E-state index in [0.717, 1.165) is 23.2 Å². The molecule has 2 unspecified atom stereocenters. The molecule has 2 rings (SSSR count). The van der Waals surface area contributed by atoms with Gasteiger partial charge in [-0.3, -0.25) is 4.79 Å². The quantitative estimate of drug-likeness (QED) is 0.900. The first-order chi connectivity index (χ1) is 9.04. The van der Waals surface area contributed by atoms with Gasteiger partial charge in [-0.1, -0.05) is 19.1 Å². The molecule has 1 heterocycles. The van der Waals surface area contributed by atoms with E-state index in [-0.39, 0.29) is 11.9 Å². The molecule has 1 aromatic carbocycles. The van der Waals surface area contributed by atoms with Gasteiger partial charge in [0.15, 0.2) is 0 Å². The first kappa shape index (κ1) is 14.3. The number of amides is 1. The van der Waals surface area contributed by atoms with Crippen LogP contribution in [0.25, 0.3) is 0 Å². The molecule has 104 valence electrons. The molecule has 0 bridgehead atoms. The number of nitrogens with zero attached hydrogens (tertiary/aromatic N) is 2. The highest BCUT2D eigenvalue weighted by molar-refractivity contribution is 9.10. The fraction of sp³-hybridized carbons (Fsp3) is 0.500. The summed E-state index contributed by atoms with van der Waals surface area (Å²) in [6.07, 6.45) is 0. The minimum atomic E-state index is -0.284. The molecule has 5 heteroatoms. The fourth-order valence-electron chi connectivity index (χ4n) is 2.64. The van der Waals surface area contributed by atoms with Gasteiger partial charge in [-0.2, -0.15) is 0 Å². The van der Waals surface area contributed by atoms with Crippen LogP contribution < -0.4 is 10.6 Å². The number of anilines is 1. The Morgan fingerprint density at radius 1 is 1.37 bits per heavy atom. The Kier molecular flexibility index (Phi) is 4.47. The van der Waals surface area contributed by atoms with E-state index in [1.54, 1.807) is 4.90 Å². The minimum Gasteiger partial charge on any atom is -0.357 e. The van der Waals surface area contributed by atoms with Crippen LogP contribution in [0.1, 0.15) is 6.92 Å². The van der Waals surface area contributed by atoms with Crippen LogP contribution in [0.2, 0.25) is 0 Å². The van der Waals surface area contributed by atoms with Crippen molar-refractivity contribution in [2.45, 2.75) is 13.0 Å². The molecule has 4 nitrogen and oxygen atoms in total. The second kappa shape index (κ2) is 5.92. The number of halogens is 1. The van der Waals surface area contributed by atoms with E-state index >= 15 is 0 Å². The molecule has 2 N–H and O–H groups in total. The summed E-state index contributed by atoms with van der Waals surface area (Å²) in [5.74, 6) is 0.514. The first-order valence-corrected chi connectivity index (χ1v) is 7.30. The molecule has 2 atom stereocenters. The maximum absolute atomic E-state index is 12.4. The topological polar surface area (TPSA) is 49.6 Å². The lowest BCUT2D eigenvalue weighted by Gasteiger charge is -2.32. The summed E-state index contributed by atoms with van der Waals surface area (Å²) < 4.78 is 0.998. The molecule has 1 aromatic rings. The van der Waals surface area contributed by atoms with Crippen LogP contribution in [0.4, 0.5) is 5.69 Å². The Bertz CT molecular complexity index is 466. The van der Waals surface area contributed by atoms with E-state index in [1.165, 1.54) is 0 Å². The lowest BCUT2D eigenvalue weighted by molar-refractivity contribution is -0.130. The third-order valence-electron chi connectivity index (χ3n) is 3.52. The molecule has 0 saturated carbocycles. The van der Waals surface area contributed by atoms with Gasteiger partial charge in [-0.15, -0.1) is 0 Å². The highest BCUT2D eigenvalue weighted by Gasteiger charge is 2.33. The number of hydrogen-bond donors (Lipinski definition) is 1. The number of carbonyl (C=O) groups excluding carboxylic acids is 1. The monoisotopic (exact) mass is 325 g/mol. The first-order valence-electron chi connectivity index (χ1n) is 6.50. The van der Waals surface area contributed by atoms with Crippen LogP contribution >= 0.6 is 15.9 Å². The molecular weight excluding hydrogens is 306 g/mol. The van der Waals surface area contributed by atoms with Crippen molar-refractivity contribution in [3.8, 4) is 0 Å². The van der Waals surface area contributed by atoms with Crippen molar-refractivity contribution in [2.75, 3.05) is 31.6 Å². The van der Waals surface area contributed by atoms with Gasteiger partial charge < -0.3 is 15.5 Å². The average molecular weight is 326 g/mol. The third kappa shape index (κ3) is 2.92. The van der Waals surface area contributed by atoms with Crippen molar-refractivity contribution in [1.82, 2.24) is 4.90 Å². The third-order valence-corrected chi connectivity index (χ3v) is 4.19. The molecule has 1 fully saturated rings. The lowest BCUT2D eigenvalue weighted by atomic mass is 10.1. The van der Waals surface area contributed by atoms with Crippen molar-refractivity contribution in [2.24, 2.45) is 11.7 Å². The van der Waals surface area contributed by atoms with Gasteiger partial charge in [0.2, 0.25) is 5.91 Å². The van der Waals surface area contributed by atoms with Crippen molar-refractivity contribution in [3.05, 3.63) is 28.7 Å². The van der Waals surface area contributed by atoms with Crippen molar-refractivity contribution < 1.29 is 4.79 Å². The Balaban J connectivity index is 2.40. The highest BCUT2D eigenvalue weighted by Crippen LogP contribution is 2.29. The van der Waals surface area contributed by atoms with E-state index in [4.69, 9.17) is 5.73 Å². The van der Waals surface area contributed by atoms with E-state index < -0.39 is 0 Å². The molecule has 19 heavy (non-hydrogen) atoms. The number of rotatable bonds is 2. The summed E-state index contributed by atoms with van der Waals surface area (Å²) in [6.45, 7) is 4.10. The number of carbonyl (C=O) groups is 1. The van der Waals surface area contributed by atoms with E-state index in [1.807, 2.05) is 31.3 Å². The molecule has 0 radical (unpaired) electrons. The summed E-state index contributed by atoms with van der Waals surface area (Å²) in [5.41, 5.74) is 6.88. The maximum Gasteiger partial charge on any atom is 0.246 e. The lowest BCUT2D eigenvalue weighted by Crippen LogP contribution is -2.49. The predicted molar refractivity (Wildman–Crippen MR) is 81.1 cm³/mol. The fourth-order valence-corrected chi connectivity index (χ4v) is 3.16. The molecule has 1 amide bonds. The number of likely N-dealkylation sites (N-methyl/N-ethyl adjacent to an activating group) is 1. The van der Waals surface area contributed by atoms with Crippen LogP contribution in [-0.4, -0.2) is 43.5 Å². The largest absolute Gasteiger partial charge is 0.357 e. The maximum atomic E-state index is 12.4. The molecule has 0 aliphatic carbocycles. The smallest absolute Gasteiger partial charge is 0.246 e.